The number of aliphatic hydroxyl groups is 1. The average Bonchev–Trinajstić information content (AvgIpc) is 2.38. The Hall–Kier alpha value is -0.660. The molecule has 0 aliphatic rings. The van der Waals surface area contributed by atoms with Gasteiger partial charge in [-0.15, -0.1) is 0 Å². The highest BCUT2D eigenvalue weighted by atomic mass is 35.5. The van der Waals surface area contributed by atoms with Crippen LogP contribution in [0.5, 0.6) is 0 Å². The minimum absolute atomic E-state index is 0.00193. The number of nitrogens with zero attached hydrogens (tertiary/aromatic N) is 1. The number of hydrogen-bond acceptors (Lipinski definition) is 4. The summed E-state index contributed by atoms with van der Waals surface area (Å²) in [6.07, 6.45) is 0. The predicted octanol–water partition coefficient (Wildman–Crippen LogP) is 1.45. The minimum Gasteiger partial charge on any atom is -0.392 e. The molecule has 20 heavy (non-hydrogen) atoms. The van der Waals surface area contributed by atoms with Crippen LogP contribution < -0.4 is 4.72 Å². The van der Waals surface area contributed by atoms with Crippen LogP contribution in [-0.4, -0.2) is 44.6 Å². The Balaban J connectivity index is 2.79. The molecule has 1 aromatic rings. The van der Waals surface area contributed by atoms with E-state index in [1.807, 2.05) is 25.8 Å². The lowest BCUT2D eigenvalue weighted by Crippen LogP contribution is -2.36. The first-order chi connectivity index (χ1) is 9.27. The molecule has 0 saturated carbocycles. The second-order valence-electron chi connectivity index (χ2n) is 4.90. The molecular formula is C13H21ClN2O3S. The Bertz CT molecular complexity index is 547. The Morgan fingerprint density at radius 1 is 1.40 bits per heavy atom. The Morgan fingerprint density at radius 2 is 2.05 bits per heavy atom. The molecule has 7 heteroatoms. The van der Waals surface area contributed by atoms with Crippen molar-refractivity contribution < 1.29 is 13.5 Å². The lowest BCUT2D eigenvalue weighted by atomic mass is 10.2. The van der Waals surface area contributed by atoms with Gasteiger partial charge in [0, 0.05) is 19.1 Å². The number of benzene rings is 1. The molecule has 0 spiro atoms. The van der Waals surface area contributed by atoms with Crippen molar-refractivity contribution in [2.24, 2.45) is 0 Å². The number of sulfonamides is 1. The van der Waals surface area contributed by atoms with Crippen molar-refractivity contribution in [3.8, 4) is 0 Å². The maximum Gasteiger partial charge on any atom is 0.242 e. The monoisotopic (exact) mass is 320 g/mol. The first-order valence-electron chi connectivity index (χ1n) is 6.37. The van der Waals surface area contributed by atoms with E-state index in [-0.39, 0.29) is 16.5 Å². The summed E-state index contributed by atoms with van der Waals surface area (Å²) in [7, 11) is -1.74. The highest BCUT2D eigenvalue weighted by Crippen LogP contribution is 2.22. The molecule has 114 valence electrons. The van der Waals surface area contributed by atoms with E-state index in [0.717, 1.165) is 0 Å². The molecule has 2 N–H and O–H groups in total. The van der Waals surface area contributed by atoms with Gasteiger partial charge in [-0.25, -0.2) is 13.1 Å². The van der Waals surface area contributed by atoms with Crippen LogP contribution in [0.3, 0.4) is 0 Å². The third-order valence-electron chi connectivity index (χ3n) is 3.11. The van der Waals surface area contributed by atoms with Gasteiger partial charge >= 0.3 is 0 Å². The van der Waals surface area contributed by atoms with E-state index < -0.39 is 10.0 Å². The summed E-state index contributed by atoms with van der Waals surface area (Å²) in [6.45, 7) is 4.76. The van der Waals surface area contributed by atoms with Crippen LogP contribution in [0.15, 0.2) is 23.1 Å². The fourth-order valence-electron chi connectivity index (χ4n) is 1.54. The first-order valence-corrected chi connectivity index (χ1v) is 8.23. The highest BCUT2D eigenvalue weighted by molar-refractivity contribution is 7.89. The van der Waals surface area contributed by atoms with Gasteiger partial charge in [0.25, 0.3) is 0 Å². The third kappa shape index (κ3) is 4.71. The van der Waals surface area contributed by atoms with Crippen LogP contribution in [0, 0.1) is 0 Å². The van der Waals surface area contributed by atoms with Gasteiger partial charge in [-0.3, -0.25) is 0 Å². The number of likely N-dealkylation sites (N-methyl/N-ethyl adjacent to an activating group) is 1. The second kappa shape index (κ2) is 7.38. The maximum absolute atomic E-state index is 12.2. The predicted molar refractivity (Wildman–Crippen MR) is 80.3 cm³/mol. The molecule has 5 nitrogen and oxygen atoms in total. The number of nitrogens with one attached hydrogen (secondary N) is 1. The average molecular weight is 321 g/mol. The smallest absolute Gasteiger partial charge is 0.242 e. The summed E-state index contributed by atoms with van der Waals surface area (Å²) in [5.41, 5.74) is 0.508. The van der Waals surface area contributed by atoms with E-state index in [2.05, 4.69) is 4.72 Å². The van der Waals surface area contributed by atoms with Crippen LogP contribution in [0.1, 0.15) is 19.4 Å². The van der Waals surface area contributed by atoms with Crippen LogP contribution >= 0.6 is 11.6 Å². The summed E-state index contributed by atoms with van der Waals surface area (Å²) < 4.78 is 26.9. The molecule has 0 saturated heterocycles. The van der Waals surface area contributed by atoms with Gasteiger partial charge in [0.2, 0.25) is 10.0 Å². The standard InChI is InChI=1S/C13H21ClN2O3S/c1-10(2)16(3)7-6-15-20(18,19)13-8-11(9-17)4-5-12(13)14/h4-5,8,10,15,17H,6-7,9H2,1-3H3. The van der Waals surface area contributed by atoms with E-state index >= 15 is 0 Å². The van der Waals surface area contributed by atoms with Crippen LogP contribution in [0.4, 0.5) is 0 Å². The van der Waals surface area contributed by atoms with Gasteiger partial charge in [0.05, 0.1) is 11.6 Å². The topological polar surface area (TPSA) is 69.6 Å². The van der Waals surface area contributed by atoms with Gasteiger partial charge in [0.1, 0.15) is 4.90 Å². The van der Waals surface area contributed by atoms with E-state index in [4.69, 9.17) is 16.7 Å². The van der Waals surface area contributed by atoms with Crippen LogP contribution in [0.2, 0.25) is 5.02 Å². The summed E-state index contributed by atoms with van der Waals surface area (Å²) >= 11 is 5.92. The summed E-state index contributed by atoms with van der Waals surface area (Å²) in [5.74, 6) is 0. The van der Waals surface area contributed by atoms with E-state index in [1.165, 1.54) is 12.1 Å². The van der Waals surface area contributed by atoms with E-state index in [1.54, 1.807) is 6.07 Å². The van der Waals surface area contributed by atoms with Gasteiger partial charge in [-0.05, 0) is 38.6 Å². The van der Waals surface area contributed by atoms with Gasteiger partial charge < -0.3 is 10.0 Å². The maximum atomic E-state index is 12.2. The molecule has 0 heterocycles. The SMILES string of the molecule is CC(C)N(C)CCNS(=O)(=O)c1cc(CO)ccc1Cl. The fourth-order valence-corrected chi connectivity index (χ4v) is 3.11. The second-order valence-corrected chi connectivity index (χ2v) is 7.04. The van der Waals surface area contributed by atoms with Crippen molar-refractivity contribution in [1.29, 1.82) is 0 Å². The number of hydrogen-bond donors (Lipinski definition) is 2. The van der Waals surface area contributed by atoms with E-state index in [9.17, 15) is 8.42 Å². The summed E-state index contributed by atoms with van der Waals surface area (Å²) in [6, 6.07) is 4.80. The number of rotatable bonds is 7. The van der Waals surface area contributed by atoms with Crippen LogP contribution in [0.25, 0.3) is 0 Å². The molecule has 0 aliphatic heterocycles. The molecule has 0 unspecified atom stereocenters. The zero-order chi connectivity index (χ0) is 15.3. The van der Waals surface area contributed by atoms with Crippen LogP contribution in [-0.2, 0) is 16.6 Å². The molecule has 0 aliphatic carbocycles. The van der Waals surface area contributed by atoms with Crippen molar-refractivity contribution in [1.82, 2.24) is 9.62 Å². The lowest BCUT2D eigenvalue weighted by molar-refractivity contribution is 0.278. The molecule has 0 radical (unpaired) electrons. The lowest BCUT2D eigenvalue weighted by Gasteiger charge is -2.21. The van der Waals surface area contributed by atoms with Gasteiger partial charge in [-0.2, -0.15) is 0 Å². The Kier molecular flexibility index (Phi) is 6.42. The van der Waals surface area contributed by atoms with Crippen molar-refractivity contribution >= 4 is 21.6 Å². The molecule has 0 aromatic heterocycles. The zero-order valence-electron chi connectivity index (χ0n) is 11.9. The van der Waals surface area contributed by atoms with Crippen molar-refractivity contribution in [3.05, 3.63) is 28.8 Å². The van der Waals surface area contributed by atoms with Crippen molar-refractivity contribution in [2.75, 3.05) is 20.1 Å². The van der Waals surface area contributed by atoms with Gasteiger partial charge in [-0.1, -0.05) is 17.7 Å². The quantitative estimate of drug-likeness (QED) is 0.798. The van der Waals surface area contributed by atoms with Crippen molar-refractivity contribution in [2.45, 2.75) is 31.4 Å². The molecular weight excluding hydrogens is 300 g/mol. The normalized spacial score (nSPS) is 12.3. The highest BCUT2D eigenvalue weighted by Gasteiger charge is 2.18. The molecule has 0 fully saturated rings. The number of aliphatic hydroxyl groups excluding tert-OH is 1. The number of halogens is 1. The van der Waals surface area contributed by atoms with Gasteiger partial charge in [0.15, 0.2) is 0 Å². The zero-order valence-corrected chi connectivity index (χ0v) is 13.5. The molecule has 0 amide bonds. The fraction of sp³-hybridized carbons (Fsp3) is 0.538. The van der Waals surface area contributed by atoms with E-state index in [0.29, 0.717) is 24.7 Å². The first kappa shape index (κ1) is 17.4. The molecule has 1 rings (SSSR count). The third-order valence-corrected chi connectivity index (χ3v) is 5.05. The Morgan fingerprint density at radius 3 is 2.60 bits per heavy atom. The molecule has 0 bridgehead atoms. The largest absolute Gasteiger partial charge is 0.392 e. The summed E-state index contributed by atoms with van der Waals surface area (Å²) in [5, 5.41) is 9.21. The summed E-state index contributed by atoms with van der Waals surface area (Å²) in [4.78, 5) is 2.03. The Labute approximate surface area is 125 Å². The molecule has 0 atom stereocenters. The van der Waals surface area contributed by atoms with Crippen molar-refractivity contribution in [3.63, 3.8) is 0 Å². The molecule has 1 aromatic carbocycles. The minimum atomic E-state index is -3.66.